The van der Waals surface area contributed by atoms with Crippen molar-refractivity contribution in [1.82, 2.24) is 9.62 Å². The van der Waals surface area contributed by atoms with Crippen LogP contribution in [0.2, 0.25) is 0 Å². The molecule has 7 nitrogen and oxygen atoms in total. The van der Waals surface area contributed by atoms with Crippen molar-refractivity contribution in [1.29, 1.82) is 0 Å². The third kappa shape index (κ3) is 4.58. The molecule has 0 fully saturated rings. The lowest BCUT2D eigenvalue weighted by molar-refractivity contribution is -0.129. The van der Waals surface area contributed by atoms with Crippen LogP contribution in [0, 0.1) is 6.92 Å². The maximum absolute atomic E-state index is 12.4. The third-order valence-electron chi connectivity index (χ3n) is 4.31. The molecule has 1 heterocycles. The van der Waals surface area contributed by atoms with Crippen LogP contribution < -0.4 is 14.2 Å². The first-order chi connectivity index (χ1) is 12.9. The molecule has 1 amide bonds. The molecular weight excluding hydrogens is 368 g/mol. The Morgan fingerprint density at radius 2 is 1.89 bits per heavy atom. The largest absolute Gasteiger partial charge is 0.454 e. The van der Waals surface area contributed by atoms with Crippen LogP contribution in [-0.4, -0.2) is 39.1 Å². The van der Waals surface area contributed by atoms with E-state index in [1.54, 1.807) is 42.2 Å². The van der Waals surface area contributed by atoms with Gasteiger partial charge in [-0.2, -0.15) is 0 Å². The zero-order valence-corrected chi connectivity index (χ0v) is 16.1. The van der Waals surface area contributed by atoms with Crippen LogP contribution in [0.4, 0.5) is 0 Å². The highest BCUT2D eigenvalue weighted by Gasteiger charge is 2.18. The molecule has 0 spiro atoms. The zero-order chi connectivity index (χ0) is 19.4. The number of sulfonamides is 1. The molecule has 2 aromatic rings. The number of fused-ring (bicyclic) bond motifs is 1. The van der Waals surface area contributed by atoms with Crippen LogP contribution in [0.25, 0.3) is 0 Å². The number of hydrogen-bond acceptors (Lipinski definition) is 5. The molecule has 144 valence electrons. The number of ether oxygens (including phenoxy) is 2. The van der Waals surface area contributed by atoms with E-state index < -0.39 is 10.0 Å². The Labute approximate surface area is 158 Å². The summed E-state index contributed by atoms with van der Waals surface area (Å²) in [6.07, 6.45) is 0. The van der Waals surface area contributed by atoms with Crippen LogP contribution in [0.3, 0.4) is 0 Å². The first kappa shape index (κ1) is 19.2. The van der Waals surface area contributed by atoms with Crippen molar-refractivity contribution in [3.63, 3.8) is 0 Å². The van der Waals surface area contributed by atoms with Gasteiger partial charge in [-0.05, 0) is 36.2 Å². The number of carbonyl (C=O) groups is 1. The summed E-state index contributed by atoms with van der Waals surface area (Å²) in [4.78, 5) is 13.8. The lowest BCUT2D eigenvalue weighted by Crippen LogP contribution is -2.37. The minimum atomic E-state index is -3.62. The van der Waals surface area contributed by atoms with Crippen molar-refractivity contribution >= 4 is 15.9 Å². The second-order valence-corrected chi connectivity index (χ2v) is 8.03. The molecule has 0 radical (unpaired) electrons. The fourth-order valence-corrected chi connectivity index (χ4v) is 4.12. The average Bonchev–Trinajstić information content (AvgIpc) is 3.08. The highest BCUT2D eigenvalue weighted by atomic mass is 32.2. The van der Waals surface area contributed by atoms with Gasteiger partial charge in [0.2, 0.25) is 22.7 Å². The molecule has 0 unspecified atom stereocenters. The Balaban J connectivity index is 1.62. The van der Waals surface area contributed by atoms with Crippen LogP contribution in [0.1, 0.15) is 18.1 Å². The van der Waals surface area contributed by atoms with E-state index in [1.807, 2.05) is 12.1 Å². The monoisotopic (exact) mass is 390 g/mol. The topological polar surface area (TPSA) is 84.9 Å². The third-order valence-corrected chi connectivity index (χ3v) is 5.93. The first-order valence-corrected chi connectivity index (χ1v) is 10.0. The molecule has 3 rings (SSSR count). The molecule has 0 aromatic heterocycles. The minimum Gasteiger partial charge on any atom is -0.454 e. The number of nitrogens with one attached hydrogen (secondary N) is 1. The predicted octanol–water partition coefficient (Wildman–Crippen LogP) is 2.05. The van der Waals surface area contributed by atoms with Gasteiger partial charge in [-0.25, -0.2) is 13.1 Å². The molecule has 0 saturated heterocycles. The summed E-state index contributed by atoms with van der Waals surface area (Å²) >= 11 is 0. The van der Waals surface area contributed by atoms with Gasteiger partial charge >= 0.3 is 0 Å². The van der Waals surface area contributed by atoms with Crippen LogP contribution in [0.5, 0.6) is 11.5 Å². The van der Waals surface area contributed by atoms with Gasteiger partial charge in [0, 0.05) is 26.6 Å². The average molecular weight is 390 g/mol. The van der Waals surface area contributed by atoms with Crippen LogP contribution in [0.15, 0.2) is 47.4 Å². The number of nitrogens with zero attached hydrogens (tertiary/aromatic N) is 1. The summed E-state index contributed by atoms with van der Waals surface area (Å²) in [7, 11) is -3.62. The van der Waals surface area contributed by atoms with Gasteiger partial charge in [0.1, 0.15) is 0 Å². The quantitative estimate of drug-likeness (QED) is 0.782. The Bertz CT molecular complexity index is 943. The standard InChI is InChI=1S/C19H22N2O5S/c1-14-5-3-4-6-19(14)27(23,24)20-9-10-21(15(2)22)12-16-7-8-17-18(11-16)26-13-25-17/h3-8,11,20H,9-10,12-13H2,1-2H3. The fourth-order valence-electron chi connectivity index (χ4n) is 2.86. The molecule has 1 aliphatic heterocycles. The van der Waals surface area contributed by atoms with Gasteiger partial charge in [0.05, 0.1) is 4.90 Å². The van der Waals surface area contributed by atoms with Crippen molar-refractivity contribution in [2.24, 2.45) is 0 Å². The van der Waals surface area contributed by atoms with Crippen molar-refractivity contribution in [3.05, 3.63) is 53.6 Å². The normalized spacial score (nSPS) is 12.8. The molecule has 0 atom stereocenters. The van der Waals surface area contributed by atoms with Gasteiger partial charge in [0.15, 0.2) is 11.5 Å². The fraction of sp³-hybridized carbons (Fsp3) is 0.316. The number of carbonyl (C=O) groups excluding carboxylic acids is 1. The van der Waals surface area contributed by atoms with E-state index in [4.69, 9.17) is 9.47 Å². The molecule has 0 aliphatic carbocycles. The number of benzene rings is 2. The van der Waals surface area contributed by atoms with Gasteiger partial charge < -0.3 is 14.4 Å². The van der Waals surface area contributed by atoms with Crippen molar-refractivity contribution in [2.75, 3.05) is 19.9 Å². The van der Waals surface area contributed by atoms with E-state index in [1.165, 1.54) is 6.92 Å². The Kier molecular flexibility index (Phi) is 5.67. The molecule has 2 aromatic carbocycles. The maximum atomic E-state index is 12.4. The van der Waals surface area contributed by atoms with E-state index in [2.05, 4.69) is 4.72 Å². The Hall–Kier alpha value is -2.58. The Morgan fingerprint density at radius 1 is 1.15 bits per heavy atom. The van der Waals surface area contributed by atoms with E-state index in [0.717, 1.165) is 5.56 Å². The molecule has 1 aliphatic rings. The minimum absolute atomic E-state index is 0.126. The number of amides is 1. The molecule has 27 heavy (non-hydrogen) atoms. The molecule has 0 bridgehead atoms. The highest BCUT2D eigenvalue weighted by molar-refractivity contribution is 7.89. The number of hydrogen-bond donors (Lipinski definition) is 1. The maximum Gasteiger partial charge on any atom is 0.240 e. The number of aryl methyl sites for hydroxylation is 1. The first-order valence-electron chi connectivity index (χ1n) is 8.56. The van der Waals surface area contributed by atoms with Crippen molar-refractivity contribution in [3.8, 4) is 11.5 Å². The van der Waals surface area contributed by atoms with Gasteiger partial charge in [-0.3, -0.25) is 4.79 Å². The van der Waals surface area contributed by atoms with Gasteiger partial charge in [0.25, 0.3) is 0 Å². The summed E-state index contributed by atoms with van der Waals surface area (Å²) in [5, 5.41) is 0. The predicted molar refractivity (Wildman–Crippen MR) is 100 cm³/mol. The zero-order valence-electron chi connectivity index (χ0n) is 15.3. The van der Waals surface area contributed by atoms with E-state index >= 15 is 0 Å². The van der Waals surface area contributed by atoms with E-state index in [9.17, 15) is 13.2 Å². The van der Waals surface area contributed by atoms with Gasteiger partial charge in [-0.15, -0.1) is 0 Å². The smallest absolute Gasteiger partial charge is 0.240 e. The second-order valence-electron chi connectivity index (χ2n) is 6.29. The summed E-state index contributed by atoms with van der Waals surface area (Å²) in [6, 6.07) is 12.3. The summed E-state index contributed by atoms with van der Waals surface area (Å²) < 4.78 is 38.1. The van der Waals surface area contributed by atoms with Crippen molar-refractivity contribution < 1.29 is 22.7 Å². The summed E-state index contributed by atoms with van der Waals surface area (Å²) in [6.45, 7) is 4.14. The Morgan fingerprint density at radius 3 is 2.63 bits per heavy atom. The van der Waals surface area contributed by atoms with E-state index in [0.29, 0.717) is 23.6 Å². The molecule has 8 heteroatoms. The highest BCUT2D eigenvalue weighted by Crippen LogP contribution is 2.32. The second kappa shape index (κ2) is 7.98. The van der Waals surface area contributed by atoms with Crippen molar-refractivity contribution in [2.45, 2.75) is 25.3 Å². The molecular formula is C19H22N2O5S. The summed E-state index contributed by atoms with van der Waals surface area (Å²) in [5.74, 6) is 1.19. The SMILES string of the molecule is CC(=O)N(CCNS(=O)(=O)c1ccccc1C)Cc1ccc2c(c1)OCO2. The lowest BCUT2D eigenvalue weighted by atomic mass is 10.2. The van der Waals surface area contributed by atoms with Crippen LogP contribution in [-0.2, 0) is 21.4 Å². The lowest BCUT2D eigenvalue weighted by Gasteiger charge is -2.21. The molecule has 0 saturated carbocycles. The van der Waals surface area contributed by atoms with Gasteiger partial charge in [-0.1, -0.05) is 24.3 Å². The molecule has 1 N–H and O–H groups in total. The summed E-state index contributed by atoms with van der Waals surface area (Å²) in [5.41, 5.74) is 1.56. The number of rotatable bonds is 7. The van der Waals surface area contributed by atoms with E-state index in [-0.39, 0.29) is 30.7 Å². The van der Waals surface area contributed by atoms with Crippen LogP contribution >= 0.6 is 0 Å².